The number of nitrogens with zero attached hydrogens (tertiary/aromatic N) is 2. The van der Waals surface area contributed by atoms with E-state index in [0.717, 1.165) is 19.2 Å². The molecule has 2 saturated heterocycles. The van der Waals surface area contributed by atoms with E-state index in [0.29, 0.717) is 55.3 Å². The molecule has 0 saturated carbocycles. The number of carbonyl (C=O) groups excluding carboxylic acids is 1. The quantitative estimate of drug-likeness (QED) is 0.594. The predicted molar refractivity (Wildman–Crippen MR) is 131 cm³/mol. The van der Waals surface area contributed by atoms with Crippen molar-refractivity contribution in [3.63, 3.8) is 0 Å². The van der Waals surface area contributed by atoms with Gasteiger partial charge in [0.15, 0.2) is 0 Å². The summed E-state index contributed by atoms with van der Waals surface area (Å²) in [4.78, 5) is 28.6. The van der Waals surface area contributed by atoms with Gasteiger partial charge in [0, 0.05) is 57.1 Å². The Morgan fingerprint density at radius 1 is 1.22 bits per heavy atom. The molecule has 0 aliphatic carbocycles. The van der Waals surface area contributed by atoms with Crippen LogP contribution in [-0.2, 0) is 10.9 Å². The Labute approximate surface area is 208 Å². The number of aromatic nitrogens is 1. The molecule has 10 heteroatoms. The molecule has 0 radical (unpaired) electrons. The number of anilines is 1. The highest BCUT2D eigenvalue weighted by atomic mass is 19.4. The van der Waals surface area contributed by atoms with Crippen molar-refractivity contribution in [2.24, 2.45) is 5.92 Å². The molecule has 2 aromatic rings. The van der Waals surface area contributed by atoms with Crippen LogP contribution in [-0.4, -0.2) is 55.3 Å². The lowest BCUT2D eigenvalue weighted by atomic mass is 9.97. The lowest BCUT2D eigenvalue weighted by molar-refractivity contribution is -0.138. The number of benzene rings is 1. The number of halogens is 3. The fourth-order valence-electron chi connectivity index (χ4n) is 5.12. The summed E-state index contributed by atoms with van der Waals surface area (Å²) in [6, 6.07) is 4.68. The van der Waals surface area contributed by atoms with Crippen molar-refractivity contribution in [3.8, 4) is 0 Å². The van der Waals surface area contributed by atoms with Gasteiger partial charge in [-0.2, -0.15) is 13.2 Å². The van der Waals surface area contributed by atoms with Gasteiger partial charge in [-0.1, -0.05) is 12.1 Å². The number of pyridine rings is 1. The molecule has 2 fully saturated rings. The topological polar surface area (TPSA) is 75.6 Å². The van der Waals surface area contributed by atoms with Crippen molar-refractivity contribution in [2.45, 2.75) is 44.9 Å². The predicted octanol–water partition coefficient (Wildman–Crippen LogP) is 3.99. The molecule has 36 heavy (non-hydrogen) atoms. The second-order valence-corrected chi connectivity index (χ2v) is 9.87. The molecule has 1 amide bonds. The standard InChI is InChI=1S/C26H33F3N4O3/c1-16-20(5-4-6-22(16)26(27,28)29)17(2)31-25(35)21-15-33(19-7-9-36-10-8-19)24(34)11-23(21)30-12-18-13-32(3)14-18/h4-6,11,15,17-19,30H,7-10,12-14H2,1-3H3,(H,31,35)/t17-/m1/s1. The van der Waals surface area contributed by atoms with Crippen LogP contribution < -0.4 is 16.2 Å². The van der Waals surface area contributed by atoms with Crippen LogP contribution in [0.3, 0.4) is 0 Å². The van der Waals surface area contributed by atoms with Gasteiger partial charge in [-0.3, -0.25) is 9.59 Å². The SMILES string of the molecule is Cc1c([C@@H](C)NC(=O)c2cn(C3CCOCC3)c(=O)cc2NCC2CN(C)C2)cccc1C(F)(F)F. The van der Waals surface area contributed by atoms with Gasteiger partial charge in [0.05, 0.1) is 22.9 Å². The van der Waals surface area contributed by atoms with Crippen LogP contribution in [0.1, 0.15) is 58.9 Å². The first-order valence-electron chi connectivity index (χ1n) is 12.3. The van der Waals surface area contributed by atoms with Crippen molar-refractivity contribution in [1.29, 1.82) is 0 Å². The van der Waals surface area contributed by atoms with Crippen LogP contribution in [0, 0.1) is 12.8 Å². The summed E-state index contributed by atoms with van der Waals surface area (Å²) >= 11 is 0. The number of amides is 1. The van der Waals surface area contributed by atoms with E-state index < -0.39 is 23.7 Å². The zero-order valence-electron chi connectivity index (χ0n) is 20.8. The van der Waals surface area contributed by atoms with E-state index in [1.165, 1.54) is 19.1 Å². The zero-order chi connectivity index (χ0) is 26.0. The maximum Gasteiger partial charge on any atom is 0.416 e. The van der Waals surface area contributed by atoms with Gasteiger partial charge >= 0.3 is 6.18 Å². The van der Waals surface area contributed by atoms with Gasteiger partial charge in [-0.05, 0) is 50.9 Å². The summed E-state index contributed by atoms with van der Waals surface area (Å²) in [5.41, 5.74) is 0.282. The van der Waals surface area contributed by atoms with E-state index in [1.54, 1.807) is 23.8 Å². The van der Waals surface area contributed by atoms with E-state index in [2.05, 4.69) is 15.5 Å². The molecule has 196 valence electrons. The van der Waals surface area contributed by atoms with Crippen LogP contribution in [0.2, 0.25) is 0 Å². The van der Waals surface area contributed by atoms with Crippen molar-refractivity contribution in [2.75, 3.05) is 45.2 Å². The molecule has 0 unspecified atom stereocenters. The van der Waals surface area contributed by atoms with E-state index in [4.69, 9.17) is 4.74 Å². The molecule has 7 nitrogen and oxygen atoms in total. The fourth-order valence-corrected chi connectivity index (χ4v) is 5.12. The molecule has 2 aliphatic rings. The Bertz CT molecular complexity index is 1150. The van der Waals surface area contributed by atoms with Gasteiger partial charge in [-0.25, -0.2) is 0 Å². The average molecular weight is 507 g/mol. The maximum absolute atomic E-state index is 13.4. The Hall–Kier alpha value is -2.85. The van der Waals surface area contributed by atoms with Crippen LogP contribution in [0.5, 0.6) is 0 Å². The largest absolute Gasteiger partial charge is 0.416 e. The molecule has 1 aromatic carbocycles. The second kappa shape index (κ2) is 10.6. The lowest BCUT2D eigenvalue weighted by Gasteiger charge is -2.36. The highest BCUT2D eigenvalue weighted by Crippen LogP contribution is 2.34. The van der Waals surface area contributed by atoms with Crippen LogP contribution in [0.4, 0.5) is 18.9 Å². The van der Waals surface area contributed by atoms with Gasteiger partial charge in [0.2, 0.25) is 0 Å². The number of nitrogens with one attached hydrogen (secondary N) is 2. The molecule has 0 spiro atoms. The molecule has 0 bridgehead atoms. The molecular weight excluding hydrogens is 473 g/mol. The van der Waals surface area contributed by atoms with Gasteiger partial charge in [0.1, 0.15) is 0 Å². The Balaban J connectivity index is 1.61. The van der Waals surface area contributed by atoms with E-state index in [1.807, 2.05) is 7.05 Å². The Morgan fingerprint density at radius 2 is 1.92 bits per heavy atom. The number of ether oxygens (including phenoxy) is 1. The van der Waals surface area contributed by atoms with E-state index in [-0.39, 0.29) is 17.2 Å². The number of alkyl halides is 3. The minimum absolute atomic E-state index is 0.0738. The first kappa shape index (κ1) is 26.2. The summed E-state index contributed by atoms with van der Waals surface area (Å²) in [5, 5.41) is 6.12. The Kier molecular flexibility index (Phi) is 7.75. The highest BCUT2D eigenvalue weighted by Gasteiger charge is 2.33. The first-order valence-corrected chi connectivity index (χ1v) is 12.3. The monoisotopic (exact) mass is 506 g/mol. The van der Waals surface area contributed by atoms with Crippen LogP contribution in [0.25, 0.3) is 0 Å². The third-order valence-electron chi connectivity index (χ3n) is 7.13. The Morgan fingerprint density at radius 3 is 2.56 bits per heavy atom. The summed E-state index contributed by atoms with van der Waals surface area (Å²) in [5.74, 6) is -0.0381. The summed E-state index contributed by atoms with van der Waals surface area (Å²) < 4.78 is 47.2. The summed E-state index contributed by atoms with van der Waals surface area (Å²) in [6.45, 7) is 6.63. The van der Waals surface area contributed by atoms with Crippen molar-refractivity contribution >= 4 is 11.6 Å². The smallest absolute Gasteiger partial charge is 0.384 e. The minimum atomic E-state index is -4.48. The number of likely N-dealkylation sites (tertiary alicyclic amines) is 1. The molecule has 4 rings (SSSR count). The molecule has 2 N–H and O–H groups in total. The normalized spacial score (nSPS) is 18.5. The van der Waals surface area contributed by atoms with Crippen molar-refractivity contribution in [1.82, 2.24) is 14.8 Å². The third-order valence-corrected chi connectivity index (χ3v) is 7.13. The number of carbonyl (C=O) groups is 1. The lowest BCUT2D eigenvalue weighted by Crippen LogP contribution is -2.47. The van der Waals surface area contributed by atoms with Gasteiger partial charge in [-0.15, -0.1) is 0 Å². The minimum Gasteiger partial charge on any atom is -0.384 e. The second-order valence-electron chi connectivity index (χ2n) is 9.87. The first-order chi connectivity index (χ1) is 17.0. The molecular formula is C26H33F3N4O3. The highest BCUT2D eigenvalue weighted by molar-refractivity contribution is 5.99. The number of hydrogen-bond donors (Lipinski definition) is 2. The molecule has 1 atom stereocenters. The average Bonchev–Trinajstić information content (AvgIpc) is 2.81. The number of hydrogen-bond acceptors (Lipinski definition) is 5. The zero-order valence-corrected chi connectivity index (χ0v) is 20.8. The fraction of sp³-hybridized carbons (Fsp3) is 0.538. The van der Waals surface area contributed by atoms with E-state index >= 15 is 0 Å². The molecule has 1 aromatic heterocycles. The van der Waals surface area contributed by atoms with Crippen LogP contribution in [0.15, 0.2) is 35.3 Å². The van der Waals surface area contributed by atoms with Crippen molar-refractivity contribution < 1.29 is 22.7 Å². The van der Waals surface area contributed by atoms with Crippen LogP contribution >= 0.6 is 0 Å². The summed E-state index contributed by atoms with van der Waals surface area (Å²) in [6.07, 6.45) is -1.56. The summed E-state index contributed by atoms with van der Waals surface area (Å²) in [7, 11) is 2.03. The van der Waals surface area contributed by atoms with Gasteiger partial charge < -0.3 is 24.8 Å². The third kappa shape index (κ3) is 5.75. The van der Waals surface area contributed by atoms with E-state index in [9.17, 15) is 22.8 Å². The van der Waals surface area contributed by atoms with Gasteiger partial charge in [0.25, 0.3) is 11.5 Å². The van der Waals surface area contributed by atoms with Crippen molar-refractivity contribution in [3.05, 3.63) is 63.1 Å². The molecule has 2 aliphatic heterocycles. The maximum atomic E-state index is 13.4. The number of rotatable bonds is 7. The molecule has 3 heterocycles.